The average molecular weight is 216 g/mol. The smallest absolute Gasteiger partial charge is 0.407 e. The van der Waals surface area contributed by atoms with Gasteiger partial charge in [0, 0.05) is 6.04 Å². The number of carbonyl (C=O) groups excluding carboxylic acids is 1. The summed E-state index contributed by atoms with van der Waals surface area (Å²) < 4.78 is 10.4. The van der Waals surface area contributed by atoms with E-state index in [9.17, 15) is 4.79 Å². The van der Waals surface area contributed by atoms with Gasteiger partial charge in [0.05, 0.1) is 19.3 Å². The number of nitrogens with one attached hydrogen (secondary N) is 1. The van der Waals surface area contributed by atoms with Gasteiger partial charge in [0.25, 0.3) is 0 Å². The van der Waals surface area contributed by atoms with Gasteiger partial charge in [0.15, 0.2) is 0 Å². The quantitative estimate of drug-likeness (QED) is 0.674. The van der Waals surface area contributed by atoms with Crippen LogP contribution < -0.4 is 11.1 Å². The first-order valence-corrected chi connectivity index (χ1v) is 5.19. The molecule has 88 valence electrons. The van der Waals surface area contributed by atoms with Crippen LogP contribution in [0.1, 0.15) is 27.2 Å². The number of hydrogen-bond acceptors (Lipinski definition) is 4. The lowest BCUT2D eigenvalue weighted by Crippen LogP contribution is -2.48. The summed E-state index contributed by atoms with van der Waals surface area (Å²) in [6, 6.07) is -0.0395. The second-order valence-electron chi connectivity index (χ2n) is 4.88. The molecule has 0 radical (unpaired) electrons. The monoisotopic (exact) mass is 216 g/mol. The Morgan fingerprint density at radius 2 is 2.13 bits per heavy atom. The maximum atomic E-state index is 11.4. The van der Waals surface area contributed by atoms with Crippen molar-refractivity contribution in [1.29, 1.82) is 0 Å². The van der Waals surface area contributed by atoms with Gasteiger partial charge in [-0.3, -0.25) is 0 Å². The number of rotatable bonds is 1. The molecule has 0 aromatic heterocycles. The molecule has 1 aliphatic rings. The SMILES string of the molecule is CC(C)(C)OC(=O)N[C@@H]1COC[C@H](N)C1. The summed E-state index contributed by atoms with van der Waals surface area (Å²) in [6.45, 7) is 6.56. The van der Waals surface area contributed by atoms with Gasteiger partial charge in [0.2, 0.25) is 0 Å². The summed E-state index contributed by atoms with van der Waals surface area (Å²) >= 11 is 0. The van der Waals surface area contributed by atoms with Crippen molar-refractivity contribution in [3.05, 3.63) is 0 Å². The summed E-state index contributed by atoms with van der Waals surface area (Å²) in [4.78, 5) is 11.4. The predicted octanol–water partition coefficient (Wildman–Crippen LogP) is 0.627. The van der Waals surface area contributed by atoms with Crippen LogP contribution in [0, 0.1) is 0 Å². The molecule has 0 unspecified atom stereocenters. The molecule has 1 rings (SSSR count). The molecule has 1 aliphatic heterocycles. The van der Waals surface area contributed by atoms with Crippen molar-refractivity contribution in [2.24, 2.45) is 5.73 Å². The lowest BCUT2D eigenvalue weighted by Gasteiger charge is -2.28. The highest BCUT2D eigenvalue weighted by Gasteiger charge is 2.24. The summed E-state index contributed by atoms with van der Waals surface area (Å²) in [6.07, 6.45) is 0.324. The molecule has 3 N–H and O–H groups in total. The van der Waals surface area contributed by atoms with E-state index in [1.165, 1.54) is 0 Å². The number of hydrogen-bond donors (Lipinski definition) is 2. The van der Waals surface area contributed by atoms with Gasteiger partial charge in [0.1, 0.15) is 5.60 Å². The molecular weight excluding hydrogens is 196 g/mol. The molecule has 0 aliphatic carbocycles. The van der Waals surface area contributed by atoms with Crippen molar-refractivity contribution < 1.29 is 14.3 Å². The molecule has 0 aromatic carbocycles. The third-order valence-corrected chi connectivity index (χ3v) is 1.96. The highest BCUT2D eigenvalue weighted by Crippen LogP contribution is 2.09. The Bertz CT molecular complexity index is 225. The summed E-state index contributed by atoms with van der Waals surface area (Å²) in [7, 11) is 0. The van der Waals surface area contributed by atoms with E-state index >= 15 is 0 Å². The lowest BCUT2D eigenvalue weighted by molar-refractivity contribution is 0.0301. The Morgan fingerprint density at radius 3 is 2.67 bits per heavy atom. The topological polar surface area (TPSA) is 73.6 Å². The first kappa shape index (κ1) is 12.3. The maximum Gasteiger partial charge on any atom is 0.407 e. The number of nitrogens with two attached hydrogens (primary N) is 1. The molecule has 0 saturated carbocycles. The van der Waals surface area contributed by atoms with Crippen LogP contribution in [0.4, 0.5) is 4.79 Å². The van der Waals surface area contributed by atoms with E-state index in [0.29, 0.717) is 13.2 Å². The highest BCUT2D eigenvalue weighted by atomic mass is 16.6. The number of carbonyl (C=O) groups is 1. The van der Waals surface area contributed by atoms with Crippen LogP contribution in [0.25, 0.3) is 0 Å². The number of amides is 1. The first-order chi connectivity index (χ1) is 6.87. The van der Waals surface area contributed by atoms with Crippen molar-refractivity contribution in [2.45, 2.75) is 44.9 Å². The number of ether oxygens (including phenoxy) is 2. The van der Waals surface area contributed by atoms with E-state index in [2.05, 4.69) is 5.32 Å². The van der Waals surface area contributed by atoms with Crippen LogP contribution in [-0.2, 0) is 9.47 Å². The van der Waals surface area contributed by atoms with E-state index in [0.717, 1.165) is 6.42 Å². The van der Waals surface area contributed by atoms with Gasteiger partial charge < -0.3 is 20.5 Å². The molecule has 1 heterocycles. The van der Waals surface area contributed by atoms with Crippen molar-refractivity contribution >= 4 is 6.09 Å². The van der Waals surface area contributed by atoms with Crippen LogP contribution in [0.2, 0.25) is 0 Å². The zero-order chi connectivity index (χ0) is 11.5. The Balaban J connectivity index is 2.31. The van der Waals surface area contributed by atoms with Gasteiger partial charge in [-0.15, -0.1) is 0 Å². The van der Waals surface area contributed by atoms with Crippen LogP contribution in [0.15, 0.2) is 0 Å². The molecule has 0 spiro atoms. The Morgan fingerprint density at radius 1 is 1.47 bits per heavy atom. The second-order valence-corrected chi connectivity index (χ2v) is 4.88. The molecule has 2 atom stereocenters. The van der Waals surface area contributed by atoms with Gasteiger partial charge >= 0.3 is 6.09 Å². The minimum absolute atomic E-state index is 0.00122. The normalized spacial score (nSPS) is 27.2. The fourth-order valence-electron chi connectivity index (χ4n) is 1.44. The van der Waals surface area contributed by atoms with Crippen molar-refractivity contribution in [2.75, 3.05) is 13.2 Å². The highest BCUT2D eigenvalue weighted by molar-refractivity contribution is 5.68. The van der Waals surface area contributed by atoms with Gasteiger partial charge in [-0.05, 0) is 27.2 Å². The maximum absolute atomic E-state index is 11.4. The van der Waals surface area contributed by atoms with E-state index in [4.69, 9.17) is 15.2 Å². The standard InChI is InChI=1S/C10H20N2O3/c1-10(2,3)15-9(13)12-8-4-7(11)5-14-6-8/h7-8H,4-6,11H2,1-3H3,(H,12,13)/t7-,8+/m1/s1. The van der Waals surface area contributed by atoms with E-state index < -0.39 is 11.7 Å². The minimum Gasteiger partial charge on any atom is -0.444 e. The molecule has 5 nitrogen and oxygen atoms in total. The molecule has 1 amide bonds. The fourth-order valence-corrected chi connectivity index (χ4v) is 1.44. The largest absolute Gasteiger partial charge is 0.444 e. The molecule has 0 bridgehead atoms. The minimum atomic E-state index is -0.471. The van der Waals surface area contributed by atoms with E-state index in [-0.39, 0.29) is 12.1 Å². The van der Waals surface area contributed by atoms with Crippen LogP contribution in [0.3, 0.4) is 0 Å². The number of alkyl carbamates (subject to hydrolysis) is 1. The predicted molar refractivity (Wildman–Crippen MR) is 56.6 cm³/mol. The van der Waals surface area contributed by atoms with E-state index in [1.807, 2.05) is 20.8 Å². The molecule has 1 saturated heterocycles. The Labute approximate surface area is 90.3 Å². The molecular formula is C10H20N2O3. The van der Waals surface area contributed by atoms with Crippen LogP contribution >= 0.6 is 0 Å². The summed E-state index contributed by atoms with van der Waals surface area (Å²) in [5, 5.41) is 2.74. The first-order valence-electron chi connectivity index (χ1n) is 5.19. The van der Waals surface area contributed by atoms with Gasteiger partial charge in [-0.2, -0.15) is 0 Å². The summed E-state index contributed by atoms with van der Waals surface area (Å²) in [5.74, 6) is 0. The van der Waals surface area contributed by atoms with Gasteiger partial charge in [-0.25, -0.2) is 4.79 Å². The second kappa shape index (κ2) is 4.81. The summed E-state index contributed by atoms with van der Waals surface area (Å²) in [5.41, 5.74) is 5.24. The van der Waals surface area contributed by atoms with Crippen molar-refractivity contribution in [3.8, 4) is 0 Å². The Kier molecular flexibility index (Phi) is 3.93. The Hall–Kier alpha value is -0.810. The van der Waals surface area contributed by atoms with Crippen molar-refractivity contribution in [3.63, 3.8) is 0 Å². The van der Waals surface area contributed by atoms with Crippen LogP contribution in [-0.4, -0.2) is 37.0 Å². The zero-order valence-electron chi connectivity index (χ0n) is 9.58. The third kappa shape index (κ3) is 4.99. The zero-order valence-corrected chi connectivity index (χ0v) is 9.58. The molecule has 5 heteroatoms. The lowest BCUT2D eigenvalue weighted by atomic mass is 10.1. The molecule has 1 fully saturated rings. The molecule has 15 heavy (non-hydrogen) atoms. The van der Waals surface area contributed by atoms with Crippen LogP contribution in [0.5, 0.6) is 0 Å². The molecule has 0 aromatic rings. The fraction of sp³-hybridized carbons (Fsp3) is 0.900. The van der Waals surface area contributed by atoms with Gasteiger partial charge in [-0.1, -0.05) is 0 Å². The van der Waals surface area contributed by atoms with E-state index in [1.54, 1.807) is 0 Å². The average Bonchev–Trinajstić information content (AvgIpc) is 1.99. The van der Waals surface area contributed by atoms with Crippen molar-refractivity contribution in [1.82, 2.24) is 5.32 Å². The third-order valence-electron chi connectivity index (χ3n) is 1.96.